The van der Waals surface area contributed by atoms with E-state index < -0.39 is 40.0 Å². The van der Waals surface area contributed by atoms with Gasteiger partial charge >= 0.3 is 5.97 Å². The summed E-state index contributed by atoms with van der Waals surface area (Å²) in [6.45, 7) is 5.12. The maximum absolute atomic E-state index is 14.4. The van der Waals surface area contributed by atoms with Crippen molar-refractivity contribution in [3.8, 4) is 22.5 Å². The van der Waals surface area contributed by atoms with E-state index >= 15 is 0 Å². The first-order valence-electron chi connectivity index (χ1n) is 18.2. The Bertz CT molecular complexity index is 2100. The first-order chi connectivity index (χ1) is 27.3. The number of H-pyrrole nitrogens is 1. The maximum Gasteiger partial charge on any atom is 0.328 e. The number of aromatic amines is 1. The number of carbonyl (C=O) groups excluding carboxylic acids is 2. The van der Waals surface area contributed by atoms with E-state index in [9.17, 15) is 34.9 Å². The summed E-state index contributed by atoms with van der Waals surface area (Å²) in [5.74, 6) is -0.371. The molecule has 0 saturated carbocycles. The molecule has 19 nitrogen and oxygen atoms in total. The summed E-state index contributed by atoms with van der Waals surface area (Å²) in [6.07, 6.45) is -0.396. The molecule has 3 aromatic carbocycles. The van der Waals surface area contributed by atoms with Gasteiger partial charge in [-0.1, -0.05) is 85.8 Å². The zero-order chi connectivity index (χ0) is 41.0. The fourth-order valence-corrected chi connectivity index (χ4v) is 6.19. The number of hydrogen-bond donors (Lipinski definition) is 3. The van der Waals surface area contributed by atoms with Gasteiger partial charge in [0.05, 0.1) is 6.61 Å². The van der Waals surface area contributed by atoms with Gasteiger partial charge in [0.25, 0.3) is 22.4 Å². The monoisotopic (exact) mass is 785 g/mol. The average Bonchev–Trinajstić information content (AvgIpc) is 3.84. The molecular weight excluding hydrogens is 742 g/mol. The topological polar surface area (TPSA) is 253 Å². The number of rotatable bonds is 21. The van der Waals surface area contributed by atoms with Crippen LogP contribution in [0, 0.1) is 20.2 Å². The molecule has 5 aromatic rings. The van der Waals surface area contributed by atoms with Gasteiger partial charge in [0.15, 0.2) is 0 Å². The van der Waals surface area contributed by atoms with Gasteiger partial charge in [0.2, 0.25) is 5.82 Å². The third-order valence-electron chi connectivity index (χ3n) is 8.79. The summed E-state index contributed by atoms with van der Waals surface area (Å²) in [4.78, 5) is 62.4. The van der Waals surface area contributed by atoms with Gasteiger partial charge in [-0.15, -0.1) is 30.4 Å². The van der Waals surface area contributed by atoms with Crippen LogP contribution in [0.15, 0.2) is 78.9 Å². The van der Waals surface area contributed by atoms with E-state index in [0.29, 0.717) is 24.5 Å². The Morgan fingerprint density at radius 1 is 0.930 bits per heavy atom. The van der Waals surface area contributed by atoms with Gasteiger partial charge in [-0.2, -0.15) is 5.21 Å². The molecular formula is C38H43N9O10. The molecule has 0 saturated heterocycles. The van der Waals surface area contributed by atoms with E-state index in [-0.39, 0.29) is 50.2 Å². The Balaban J connectivity index is 1.38. The number of amides is 1. The van der Waals surface area contributed by atoms with E-state index in [1.807, 2.05) is 61.5 Å². The molecule has 0 aliphatic carbocycles. The highest BCUT2D eigenvalue weighted by Crippen LogP contribution is 2.31. The molecule has 1 unspecified atom stereocenters. The summed E-state index contributed by atoms with van der Waals surface area (Å²) in [5, 5.41) is 47.5. The molecule has 57 heavy (non-hydrogen) atoms. The van der Waals surface area contributed by atoms with E-state index in [1.165, 1.54) is 13.8 Å². The van der Waals surface area contributed by atoms with Gasteiger partial charge in [-0.25, -0.2) is 9.78 Å². The van der Waals surface area contributed by atoms with Crippen molar-refractivity contribution in [3.05, 3.63) is 127 Å². The Morgan fingerprint density at radius 3 is 2.21 bits per heavy atom. The highest BCUT2D eigenvalue weighted by atomic mass is 17.0. The van der Waals surface area contributed by atoms with Crippen molar-refractivity contribution in [2.45, 2.75) is 83.8 Å². The van der Waals surface area contributed by atoms with Gasteiger partial charge in [-0.05, 0) is 67.0 Å². The molecule has 1 amide bonds. The molecule has 0 bridgehead atoms. The number of nitrogens with one attached hydrogen (secondary N) is 2. The number of aryl methyl sites for hydroxylation is 1. The molecule has 0 spiro atoms. The van der Waals surface area contributed by atoms with Crippen LogP contribution < -0.4 is 5.32 Å². The number of esters is 1. The number of imidazole rings is 1. The second-order valence-electron chi connectivity index (χ2n) is 13.6. The number of aliphatic hydroxyl groups is 1. The minimum Gasteiger partial charge on any atom is -0.464 e. The van der Waals surface area contributed by atoms with Gasteiger partial charge < -0.3 is 19.7 Å². The minimum absolute atomic E-state index is 0.0709. The zero-order valence-corrected chi connectivity index (χ0v) is 31.6. The number of ether oxygens (including phenoxy) is 1. The zero-order valence-electron chi connectivity index (χ0n) is 31.6. The fourth-order valence-electron chi connectivity index (χ4n) is 6.19. The predicted octanol–water partition coefficient (Wildman–Crippen LogP) is 4.76. The van der Waals surface area contributed by atoms with Crippen LogP contribution in [0.1, 0.15) is 79.6 Å². The standard InChI is InChI=1S/C38H43N9O10/c1-4-12-31-40-34(38(2,3)50)33(45(31)24-26-18-20-27(21-19-26)28-15-8-9-16-29(28)35-41-43-44-42-35)36(48)39-30(23-25-13-6-5-7-14-25)37(49)55-22-11-10-17-32(56-46(51)52)57-47(53)54/h5-9,13-16,18-21,30,32,50H,4,10-12,17,22-24H2,1-3H3,(H,39,48)(H,41,42,43,44). The Labute approximate surface area is 326 Å². The molecule has 2 aromatic heterocycles. The van der Waals surface area contributed by atoms with Crippen LogP contribution in [0.5, 0.6) is 0 Å². The molecule has 2 heterocycles. The van der Waals surface area contributed by atoms with Gasteiger partial charge in [0, 0.05) is 24.9 Å². The molecule has 0 fully saturated rings. The lowest BCUT2D eigenvalue weighted by atomic mass is 9.98. The Hall–Kier alpha value is -6.76. The van der Waals surface area contributed by atoms with Crippen molar-refractivity contribution in [3.63, 3.8) is 0 Å². The summed E-state index contributed by atoms with van der Waals surface area (Å²) in [5.41, 5.74) is 2.89. The molecule has 19 heteroatoms. The summed E-state index contributed by atoms with van der Waals surface area (Å²) >= 11 is 0. The Morgan fingerprint density at radius 2 is 1.60 bits per heavy atom. The lowest BCUT2D eigenvalue weighted by Gasteiger charge is -2.22. The SMILES string of the molecule is CCCc1nc(C(C)(C)O)c(C(=O)NC(Cc2ccccc2)C(=O)OCCCCC(O[N+](=O)[O-])O[N+](=O)[O-])n1Cc1ccc(-c2ccccc2-c2nn[nH]n2)cc1. The molecule has 5 rings (SSSR count). The van der Waals surface area contributed by atoms with Crippen LogP contribution in [0.3, 0.4) is 0 Å². The second-order valence-corrected chi connectivity index (χ2v) is 13.6. The maximum atomic E-state index is 14.4. The van der Waals surface area contributed by atoms with Gasteiger partial charge in [0.1, 0.15) is 28.9 Å². The van der Waals surface area contributed by atoms with Gasteiger partial charge in [-0.3, -0.25) is 14.5 Å². The first-order valence-corrected chi connectivity index (χ1v) is 18.2. The highest BCUT2D eigenvalue weighted by molar-refractivity contribution is 5.97. The largest absolute Gasteiger partial charge is 0.464 e. The van der Waals surface area contributed by atoms with Crippen LogP contribution in [0.4, 0.5) is 0 Å². The van der Waals surface area contributed by atoms with Crippen LogP contribution in [-0.2, 0) is 44.2 Å². The molecule has 0 aliphatic heterocycles. The number of carbonyl (C=O) groups is 2. The van der Waals surface area contributed by atoms with Crippen LogP contribution in [-0.4, -0.2) is 76.3 Å². The molecule has 1 atom stereocenters. The molecule has 3 N–H and O–H groups in total. The summed E-state index contributed by atoms with van der Waals surface area (Å²) < 4.78 is 7.28. The summed E-state index contributed by atoms with van der Waals surface area (Å²) in [6, 6.07) is 23.3. The fraction of sp³-hybridized carbons (Fsp3) is 0.368. The van der Waals surface area contributed by atoms with E-state index in [0.717, 1.165) is 27.8 Å². The molecule has 300 valence electrons. The van der Waals surface area contributed by atoms with Crippen LogP contribution in [0.2, 0.25) is 0 Å². The summed E-state index contributed by atoms with van der Waals surface area (Å²) in [7, 11) is 0. The molecule has 0 radical (unpaired) electrons. The normalized spacial score (nSPS) is 11.9. The number of nitrogens with zero attached hydrogens (tertiary/aromatic N) is 7. The van der Waals surface area contributed by atoms with Crippen molar-refractivity contribution in [1.82, 2.24) is 35.5 Å². The van der Waals surface area contributed by atoms with Crippen molar-refractivity contribution >= 4 is 11.9 Å². The third kappa shape index (κ3) is 11.4. The van der Waals surface area contributed by atoms with Crippen LogP contribution in [0.25, 0.3) is 22.5 Å². The van der Waals surface area contributed by atoms with Crippen molar-refractivity contribution in [2.24, 2.45) is 0 Å². The number of tetrazole rings is 1. The lowest BCUT2D eigenvalue weighted by Crippen LogP contribution is -2.45. The second kappa shape index (κ2) is 19.2. The molecule has 0 aliphatic rings. The van der Waals surface area contributed by atoms with E-state index in [4.69, 9.17) is 9.72 Å². The first kappa shape index (κ1) is 41.4. The van der Waals surface area contributed by atoms with Crippen molar-refractivity contribution < 1.29 is 39.3 Å². The quantitative estimate of drug-likeness (QED) is 0.0298. The van der Waals surface area contributed by atoms with Crippen LogP contribution >= 0.6 is 0 Å². The van der Waals surface area contributed by atoms with E-state index in [1.54, 1.807) is 28.8 Å². The average molecular weight is 786 g/mol. The number of benzene rings is 3. The predicted molar refractivity (Wildman–Crippen MR) is 202 cm³/mol. The highest BCUT2D eigenvalue weighted by Gasteiger charge is 2.34. The number of aromatic nitrogens is 6. The lowest BCUT2D eigenvalue weighted by molar-refractivity contribution is -0.851. The third-order valence-corrected chi connectivity index (χ3v) is 8.79. The Kier molecular flexibility index (Phi) is 14.0. The minimum atomic E-state index is -1.74. The van der Waals surface area contributed by atoms with Crippen molar-refractivity contribution in [1.29, 1.82) is 0 Å². The number of hydrogen-bond acceptors (Lipinski definition) is 14. The smallest absolute Gasteiger partial charge is 0.328 e. The van der Waals surface area contributed by atoms with E-state index in [2.05, 4.69) is 35.6 Å². The number of unbranched alkanes of at least 4 members (excludes halogenated alkanes) is 1. The van der Waals surface area contributed by atoms with Crippen molar-refractivity contribution in [2.75, 3.05) is 6.61 Å².